The second kappa shape index (κ2) is 5.29. The van der Waals surface area contributed by atoms with Crippen molar-refractivity contribution < 1.29 is 4.79 Å². The number of nitrogens with zero attached hydrogens (tertiary/aromatic N) is 2. The lowest BCUT2D eigenvalue weighted by Crippen LogP contribution is -2.46. The summed E-state index contributed by atoms with van der Waals surface area (Å²) in [5, 5.41) is 0. The predicted molar refractivity (Wildman–Crippen MR) is 72.1 cm³/mol. The summed E-state index contributed by atoms with van der Waals surface area (Å²) in [4.78, 5) is 18.8. The van der Waals surface area contributed by atoms with E-state index in [9.17, 15) is 4.79 Å². The fourth-order valence-electron chi connectivity index (χ4n) is 2.00. The number of likely N-dealkylation sites (N-methyl/N-ethyl adjacent to an activating group) is 1. The highest BCUT2D eigenvalue weighted by Crippen LogP contribution is 2.21. The molecule has 3 nitrogen and oxygen atoms in total. The van der Waals surface area contributed by atoms with Crippen LogP contribution >= 0.6 is 11.3 Å². The quantitative estimate of drug-likeness (QED) is 0.766. The number of thiophene rings is 1. The van der Waals surface area contributed by atoms with Crippen LogP contribution in [0.25, 0.3) is 0 Å². The Bertz CT molecular complexity index is 386. The molecule has 1 aliphatic rings. The summed E-state index contributed by atoms with van der Waals surface area (Å²) in [5.41, 5.74) is 1.23. The van der Waals surface area contributed by atoms with Crippen molar-refractivity contribution in [2.45, 2.75) is 13.8 Å². The van der Waals surface area contributed by atoms with E-state index in [1.807, 2.05) is 6.07 Å². The topological polar surface area (TPSA) is 23.6 Å². The number of hydrogen-bond donors (Lipinski definition) is 0. The molecule has 0 amide bonds. The zero-order valence-corrected chi connectivity index (χ0v) is 11.6. The molecule has 0 radical (unpaired) electrons. The van der Waals surface area contributed by atoms with Crippen molar-refractivity contribution in [1.82, 2.24) is 9.80 Å². The summed E-state index contributed by atoms with van der Waals surface area (Å²) in [7, 11) is 2.13. The second-order valence-corrected chi connectivity index (χ2v) is 6.11. The molecule has 1 aromatic rings. The largest absolute Gasteiger partial charge is 0.304 e. The number of aryl methyl sites for hydroxylation is 2. The first-order valence-electron chi connectivity index (χ1n) is 6.07. The van der Waals surface area contributed by atoms with Crippen molar-refractivity contribution >= 4 is 17.1 Å². The lowest BCUT2D eigenvalue weighted by molar-refractivity contribution is 0.0880. The second-order valence-electron chi connectivity index (χ2n) is 4.85. The van der Waals surface area contributed by atoms with Gasteiger partial charge in [-0.3, -0.25) is 9.69 Å². The Labute approximate surface area is 107 Å². The van der Waals surface area contributed by atoms with Gasteiger partial charge < -0.3 is 4.90 Å². The SMILES string of the molecule is Cc1cc(C(=O)CN2CCN(C)CC2)sc1C. The molecular weight excluding hydrogens is 232 g/mol. The van der Waals surface area contributed by atoms with Gasteiger partial charge in [-0.1, -0.05) is 0 Å². The van der Waals surface area contributed by atoms with E-state index in [-0.39, 0.29) is 5.78 Å². The molecule has 0 unspecified atom stereocenters. The summed E-state index contributed by atoms with van der Waals surface area (Å²) in [6, 6.07) is 2.03. The van der Waals surface area contributed by atoms with Gasteiger partial charge in [0, 0.05) is 31.1 Å². The fraction of sp³-hybridized carbons (Fsp3) is 0.615. The van der Waals surface area contributed by atoms with Gasteiger partial charge in [0.25, 0.3) is 0 Å². The van der Waals surface area contributed by atoms with Crippen LogP contribution in [-0.2, 0) is 0 Å². The molecule has 1 fully saturated rings. The molecule has 0 bridgehead atoms. The first kappa shape index (κ1) is 12.7. The maximum atomic E-state index is 12.1. The van der Waals surface area contributed by atoms with Crippen molar-refractivity contribution in [2.24, 2.45) is 0 Å². The molecule has 0 saturated carbocycles. The third kappa shape index (κ3) is 3.15. The minimum atomic E-state index is 0.274. The van der Waals surface area contributed by atoms with E-state index in [2.05, 4.69) is 30.7 Å². The number of carbonyl (C=O) groups excluding carboxylic acids is 1. The van der Waals surface area contributed by atoms with Crippen LogP contribution in [0.4, 0.5) is 0 Å². The first-order valence-corrected chi connectivity index (χ1v) is 6.89. The van der Waals surface area contributed by atoms with Crippen LogP contribution in [0.3, 0.4) is 0 Å². The molecule has 4 heteroatoms. The maximum Gasteiger partial charge on any atom is 0.186 e. The monoisotopic (exact) mass is 252 g/mol. The summed E-state index contributed by atoms with van der Waals surface area (Å²) < 4.78 is 0. The predicted octanol–water partition coefficient (Wildman–Crippen LogP) is 1.80. The number of hydrogen-bond acceptors (Lipinski definition) is 4. The van der Waals surface area contributed by atoms with Crippen LogP contribution < -0.4 is 0 Å². The van der Waals surface area contributed by atoms with E-state index < -0.39 is 0 Å². The average molecular weight is 252 g/mol. The average Bonchev–Trinajstić information content (AvgIpc) is 2.63. The number of Topliss-reactive ketones (excluding diaryl/α,β-unsaturated/α-hetero) is 1. The molecule has 2 heterocycles. The van der Waals surface area contributed by atoms with Crippen molar-refractivity contribution in [3.8, 4) is 0 Å². The van der Waals surface area contributed by atoms with E-state index in [0.717, 1.165) is 31.1 Å². The normalized spacial score (nSPS) is 18.5. The molecule has 1 aliphatic heterocycles. The molecule has 0 atom stereocenters. The van der Waals surface area contributed by atoms with Crippen molar-refractivity contribution in [3.63, 3.8) is 0 Å². The summed E-state index contributed by atoms with van der Waals surface area (Å²) >= 11 is 1.62. The zero-order chi connectivity index (χ0) is 12.4. The van der Waals surface area contributed by atoms with E-state index >= 15 is 0 Å². The van der Waals surface area contributed by atoms with Crippen LogP contribution in [0.2, 0.25) is 0 Å². The summed E-state index contributed by atoms with van der Waals surface area (Å²) in [6.45, 7) is 8.86. The van der Waals surface area contributed by atoms with Gasteiger partial charge in [-0.2, -0.15) is 0 Å². The van der Waals surface area contributed by atoms with Crippen LogP contribution in [0, 0.1) is 13.8 Å². The smallest absolute Gasteiger partial charge is 0.186 e. The Balaban J connectivity index is 1.93. The summed E-state index contributed by atoms with van der Waals surface area (Å²) in [5.74, 6) is 0.274. The minimum Gasteiger partial charge on any atom is -0.304 e. The van der Waals surface area contributed by atoms with E-state index in [4.69, 9.17) is 0 Å². The van der Waals surface area contributed by atoms with Gasteiger partial charge in [0.15, 0.2) is 5.78 Å². The van der Waals surface area contributed by atoms with Crippen molar-refractivity contribution in [2.75, 3.05) is 39.8 Å². The Morgan fingerprint density at radius 2 is 1.94 bits per heavy atom. The molecule has 94 valence electrons. The van der Waals surface area contributed by atoms with Gasteiger partial charge in [-0.25, -0.2) is 0 Å². The lowest BCUT2D eigenvalue weighted by atomic mass is 10.2. The zero-order valence-electron chi connectivity index (χ0n) is 10.8. The van der Waals surface area contributed by atoms with Gasteiger partial charge in [0.2, 0.25) is 0 Å². The number of piperazine rings is 1. The molecule has 0 spiro atoms. The molecule has 2 rings (SSSR count). The van der Waals surface area contributed by atoms with E-state index in [1.165, 1.54) is 10.4 Å². The Kier molecular flexibility index (Phi) is 3.97. The molecular formula is C13H20N2OS. The van der Waals surface area contributed by atoms with E-state index in [0.29, 0.717) is 6.54 Å². The van der Waals surface area contributed by atoms with Gasteiger partial charge >= 0.3 is 0 Å². The Morgan fingerprint density at radius 3 is 2.47 bits per heavy atom. The lowest BCUT2D eigenvalue weighted by Gasteiger charge is -2.31. The molecule has 0 aliphatic carbocycles. The third-order valence-electron chi connectivity index (χ3n) is 3.40. The van der Waals surface area contributed by atoms with Crippen molar-refractivity contribution in [3.05, 3.63) is 21.4 Å². The van der Waals surface area contributed by atoms with E-state index in [1.54, 1.807) is 11.3 Å². The highest BCUT2D eigenvalue weighted by Gasteiger charge is 2.18. The summed E-state index contributed by atoms with van der Waals surface area (Å²) in [6.07, 6.45) is 0. The van der Waals surface area contributed by atoms with Gasteiger partial charge in [0.1, 0.15) is 0 Å². The molecule has 0 aromatic carbocycles. The molecule has 1 saturated heterocycles. The van der Waals surface area contributed by atoms with Crippen LogP contribution in [0.5, 0.6) is 0 Å². The van der Waals surface area contributed by atoms with Crippen LogP contribution in [-0.4, -0.2) is 55.4 Å². The number of ketones is 1. The Morgan fingerprint density at radius 1 is 1.29 bits per heavy atom. The van der Waals surface area contributed by atoms with Gasteiger partial charge in [-0.15, -0.1) is 11.3 Å². The highest BCUT2D eigenvalue weighted by molar-refractivity contribution is 7.14. The van der Waals surface area contributed by atoms with Gasteiger partial charge in [0.05, 0.1) is 11.4 Å². The number of rotatable bonds is 3. The standard InChI is InChI=1S/C13H20N2OS/c1-10-8-13(17-11(10)2)12(16)9-15-6-4-14(3)5-7-15/h8H,4-7,9H2,1-3H3. The number of carbonyl (C=O) groups is 1. The van der Waals surface area contributed by atoms with Gasteiger partial charge in [-0.05, 0) is 32.5 Å². The molecule has 0 N–H and O–H groups in total. The van der Waals surface area contributed by atoms with Crippen LogP contribution in [0.15, 0.2) is 6.07 Å². The van der Waals surface area contributed by atoms with Crippen LogP contribution in [0.1, 0.15) is 20.1 Å². The maximum absolute atomic E-state index is 12.1. The molecule has 17 heavy (non-hydrogen) atoms. The fourth-order valence-corrected chi connectivity index (χ4v) is 2.96. The highest BCUT2D eigenvalue weighted by atomic mass is 32.1. The third-order valence-corrected chi connectivity index (χ3v) is 4.60. The molecule has 1 aromatic heterocycles. The van der Waals surface area contributed by atoms with Crippen molar-refractivity contribution in [1.29, 1.82) is 0 Å². The Hall–Kier alpha value is -0.710. The first-order chi connectivity index (χ1) is 8.06. The minimum absolute atomic E-state index is 0.274.